The van der Waals surface area contributed by atoms with Crippen molar-refractivity contribution in [1.29, 1.82) is 0 Å². The van der Waals surface area contributed by atoms with Gasteiger partial charge in [0.15, 0.2) is 9.75 Å². The Kier molecular flexibility index (Phi) is 5.47. The Bertz CT molecular complexity index is 469. The van der Waals surface area contributed by atoms with Gasteiger partial charge in [0.25, 0.3) is 0 Å². The van der Waals surface area contributed by atoms with Gasteiger partial charge in [-0.25, -0.2) is 0 Å². The molecule has 1 saturated carbocycles. The number of carbonyl (C=O) groups excluding carboxylic acids is 1. The number of esters is 1. The summed E-state index contributed by atoms with van der Waals surface area (Å²) < 4.78 is -0.519. The van der Waals surface area contributed by atoms with Crippen LogP contribution in [0.4, 0.5) is 0 Å². The number of rotatable bonds is 3. The summed E-state index contributed by atoms with van der Waals surface area (Å²) in [5, 5.41) is 9.35. The highest BCUT2D eigenvalue weighted by Crippen LogP contribution is 2.86. The van der Waals surface area contributed by atoms with Crippen molar-refractivity contribution in [3.8, 4) is 0 Å². The van der Waals surface area contributed by atoms with Gasteiger partial charge in [0.05, 0.1) is 6.61 Å². The van der Waals surface area contributed by atoms with Crippen molar-refractivity contribution in [2.24, 2.45) is 5.41 Å². The van der Waals surface area contributed by atoms with Gasteiger partial charge in [-0.1, -0.05) is 69.6 Å². The van der Waals surface area contributed by atoms with Gasteiger partial charge in [-0.05, 0) is 6.92 Å². The molecule has 0 amide bonds. The maximum Gasteiger partial charge on any atom is 0.330 e. The highest BCUT2D eigenvalue weighted by Gasteiger charge is 3.05. The molecule has 1 rings (SSSR count). The molecule has 2 unspecified atom stereocenters. The molecule has 1 aliphatic carbocycles. The molecule has 0 heterocycles. The second-order valence-electron chi connectivity index (χ2n) is 4.09. The average molecular weight is 462 g/mol. The summed E-state index contributed by atoms with van der Waals surface area (Å²) in [4.78, 5) is 18.3. The number of ether oxygens (including phenoxy) is 1. The molecule has 1 aliphatic rings. The number of hydrogen-bond acceptors (Lipinski definition) is 3. The van der Waals surface area contributed by atoms with Crippen molar-refractivity contribution in [3.63, 3.8) is 0 Å². The second kappa shape index (κ2) is 5.66. The summed E-state index contributed by atoms with van der Waals surface area (Å²) in [5.74, 6) is -3.08. The van der Waals surface area contributed by atoms with Crippen LogP contribution in [0.3, 0.4) is 0 Å². The molecule has 1 N–H and O–H groups in total. The third-order valence-corrected chi connectivity index (χ3v) is 6.39. The SMILES string of the molecule is CCOC(=O)C1(Cl)C(Cl)(C(=O)O)C1(C(Cl)(Cl)Cl)C(Cl)(Cl)Cl. The Morgan fingerprint density at radius 3 is 1.57 bits per heavy atom. The van der Waals surface area contributed by atoms with E-state index < -0.39 is 34.7 Å². The lowest BCUT2D eigenvalue weighted by atomic mass is 10.1. The monoisotopic (exact) mass is 458 g/mol. The lowest BCUT2D eigenvalue weighted by molar-refractivity contribution is -0.146. The van der Waals surface area contributed by atoms with E-state index in [1.807, 2.05) is 0 Å². The molecule has 0 aromatic carbocycles. The van der Waals surface area contributed by atoms with E-state index in [1.54, 1.807) is 0 Å². The number of carboxylic acids is 1. The first kappa shape index (κ1) is 20.3. The Morgan fingerprint density at radius 2 is 1.38 bits per heavy atom. The van der Waals surface area contributed by atoms with Crippen LogP contribution in [-0.4, -0.2) is 41.0 Å². The second-order valence-corrected chi connectivity index (χ2v) is 9.78. The van der Waals surface area contributed by atoms with Crippen molar-refractivity contribution in [3.05, 3.63) is 0 Å². The third kappa shape index (κ3) is 2.25. The fourth-order valence-electron chi connectivity index (χ4n) is 2.26. The molecule has 1 fully saturated rings. The molecule has 122 valence electrons. The zero-order chi connectivity index (χ0) is 17.1. The van der Waals surface area contributed by atoms with Gasteiger partial charge in [-0.2, -0.15) is 0 Å². The summed E-state index contributed by atoms with van der Waals surface area (Å²) in [6.07, 6.45) is 0. The first-order valence-electron chi connectivity index (χ1n) is 5.09. The number of carboxylic acid groups (broad SMARTS) is 1. The molecular formula is C9H6Cl8O4. The fraction of sp³-hybridized carbons (Fsp3) is 0.778. The minimum absolute atomic E-state index is 0.143. The summed E-state index contributed by atoms with van der Waals surface area (Å²) in [5.41, 5.74) is -2.57. The molecule has 0 bridgehead atoms. The number of halogens is 8. The molecule has 21 heavy (non-hydrogen) atoms. The zero-order valence-electron chi connectivity index (χ0n) is 9.90. The standard InChI is InChI=1S/C9H6Cl8O4/c1-2-21-4(20)6(11)5(10,3(18)19)7(6,8(12,13)14)9(15,16)17/h2H2,1H3,(H,18,19). The van der Waals surface area contributed by atoms with Gasteiger partial charge >= 0.3 is 11.9 Å². The van der Waals surface area contributed by atoms with Gasteiger partial charge in [-0.15, -0.1) is 23.2 Å². The third-order valence-electron chi connectivity index (χ3n) is 3.15. The van der Waals surface area contributed by atoms with Crippen molar-refractivity contribution in [1.82, 2.24) is 0 Å². The fourth-order valence-corrected chi connectivity index (χ4v) is 7.13. The van der Waals surface area contributed by atoms with Gasteiger partial charge < -0.3 is 9.84 Å². The number of carbonyl (C=O) groups is 2. The summed E-state index contributed by atoms with van der Waals surface area (Å²) >= 11 is 46.6. The maximum absolute atomic E-state index is 12.1. The molecule has 0 aromatic rings. The smallest absolute Gasteiger partial charge is 0.330 e. The Balaban J connectivity index is 3.71. The topological polar surface area (TPSA) is 63.6 Å². The minimum Gasteiger partial charge on any atom is -0.480 e. The van der Waals surface area contributed by atoms with Crippen molar-refractivity contribution >= 4 is 105 Å². The summed E-state index contributed by atoms with van der Waals surface area (Å²) in [6.45, 7) is 1.30. The predicted octanol–water partition coefficient (Wildman–Crippen LogP) is 4.33. The number of alkyl halides is 8. The largest absolute Gasteiger partial charge is 0.480 e. The average Bonchev–Trinajstić information content (AvgIpc) is 2.74. The maximum atomic E-state index is 12.1. The van der Waals surface area contributed by atoms with E-state index in [0.717, 1.165) is 0 Å². The lowest BCUT2D eigenvalue weighted by Gasteiger charge is -2.33. The normalized spacial score (nSPS) is 31.7. The summed E-state index contributed by atoms with van der Waals surface area (Å²) in [6, 6.07) is 0. The first-order valence-corrected chi connectivity index (χ1v) is 8.12. The van der Waals surface area contributed by atoms with Crippen molar-refractivity contribution in [2.45, 2.75) is 24.3 Å². The molecule has 4 nitrogen and oxygen atoms in total. The molecule has 0 radical (unpaired) electrons. The Labute approximate surface area is 159 Å². The van der Waals surface area contributed by atoms with Gasteiger partial charge in [0, 0.05) is 0 Å². The number of aliphatic carboxylic acids is 1. The highest BCUT2D eigenvalue weighted by atomic mass is 35.6. The summed E-state index contributed by atoms with van der Waals surface area (Å²) in [7, 11) is 0. The van der Waals surface area contributed by atoms with E-state index >= 15 is 0 Å². The van der Waals surface area contributed by atoms with Gasteiger partial charge in [0.1, 0.15) is 5.41 Å². The molecule has 2 atom stereocenters. The van der Waals surface area contributed by atoms with E-state index in [-0.39, 0.29) is 6.61 Å². The Morgan fingerprint density at radius 1 is 1.00 bits per heavy atom. The minimum atomic E-state index is -2.70. The van der Waals surface area contributed by atoms with Crippen LogP contribution in [0.2, 0.25) is 0 Å². The van der Waals surface area contributed by atoms with E-state index in [4.69, 9.17) is 92.8 Å². The van der Waals surface area contributed by atoms with E-state index in [0.29, 0.717) is 0 Å². The molecular weight excluding hydrogens is 456 g/mol. The van der Waals surface area contributed by atoms with Crippen LogP contribution in [0.15, 0.2) is 0 Å². The van der Waals surface area contributed by atoms with Crippen LogP contribution in [0.1, 0.15) is 6.92 Å². The van der Waals surface area contributed by atoms with Crippen molar-refractivity contribution in [2.75, 3.05) is 6.61 Å². The predicted molar refractivity (Wildman–Crippen MR) is 84.4 cm³/mol. The van der Waals surface area contributed by atoms with Crippen molar-refractivity contribution < 1.29 is 19.4 Å². The molecule has 0 aliphatic heterocycles. The molecule has 0 spiro atoms. The molecule has 0 aromatic heterocycles. The Hall–Kier alpha value is 1.26. The lowest BCUT2D eigenvalue weighted by Crippen LogP contribution is -2.45. The zero-order valence-corrected chi connectivity index (χ0v) is 16.0. The molecule has 12 heteroatoms. The van der Waals surface area contributed by atoms with Crippen LogP contribution < -0.4 is 0 Å². The number of hydrogen-bond donors (Lipinski definition) is 1. The highest BCUT2D eigenvalue weighted by molar-refractivity contribution is 6.77. The van der Waals surface area contributed by atoms with Crippen LogP contribution >= 0.6 is 92.8 Å². The van der Waals surface area contributed by atoms with E-state index in [2.05, 4.69) is 4.74 Å². The van der Waals surface area contributed by atoms with Crippen LogP contribution in [0.25, 0.3) is 0 Å². The molecule has 0 saturated heterocycles. The van der Waals surface area contributed by atoms with E-state index in [9.17, 15) is 14.7 Å². The van der Waals surface area contributed by atoms with E-state index in [1.165, 1.54) is 6.92 Å². The first-order chi connectivity index (χ1) is 9.17. The van der Waals surface area contributed by atoms with Crippen LogP contribution in [0, 0.1) is 5.41 Å². The van der Waals surface area contributed by atoms with Gasteiger partial charge in [-0.3, -0.25) is 9.59 Å². The van der Waals surface area contributed by atoms with Gasteiger partial charge in [0.2, 0.25) is 7.59 Å². The van der Waals surface area contributed by atoms with Crippen LogP contribution in [-0.2, 0) is 14.3 Å². The quantitative estimate of drug-likeness (QED) is 0.502. The van der Waals surface area contributed by atoms with Crippen LogP contribution in [0.5, 0.6) is 0 Å².